The zero-order valence-electron chi connectivity index (χ0n) is 14.6. The summed E-state index contributed by atoms with van der Waals surface area (Å²) >= 11 is 0. The maximum absolute atomic E-state index is 11.5. The molecule has 0 saturated heterocycles. The smallest absolute Gasteiger partial charge is 0.222 e. The Bertz CT molecular complexity index is 270. The molecular weight excluding hydrogens is 268 g/mol. The number of hydrogen-bond donors (Lipinski definition) is 2. The van der Waals surface area contributed by atoms with Gasteiger partial charge in [-0.1, -0.05) is 34.6 Å². The first kappa shape index (κ1) is 20.3. The summed E-state index contributed by atoms with van der Waals surface area (Å²) in [5.41, 5.74) is 0. The van der Waals surface area contributed by atoms with Gasteiger partial charge < -0.3 is 20.1 Å². The molecule has 2 N–H and O–H groups in total. The Morgan fingerprint density at radius 2 is 1.67 bits per heavy atom. The van der Waals surface area contributed by atoms with E-state index in [2.05, 4.69) is 31.4 Å². The Morgan fingerprint density at radius 3 is 2.24 bits per heavy atom. The number of hydrogen-bond acceptors (Lipinski definition) is 4. The molecule has 0 radical (unpaired) electrons. The van der Waals surface area contributed by atoms with Crippen LogP contribution >= 0.6 is 0 Å². The van der Waals surface area contributed by atoms with E-state index in [9.17, 15) is 4.79 Å². The van der Waals surface area contributed by atoms with Crippen molar-refractivity contribution in [3.8, 4) is 0 Å². The van der Waals surface area contributed by atoms with Crippen molar-refractivity contribution in [3.05, 3.63) is 0 Å². The molecular formula is C16H34N2O3. The second-order valence-electron chi connectivity index (χ2n) is 6.17. The van der Waals surface area contributed by atoms with E-state index in [1.54, 1.807) is 0 Å². The summed E-state index contributed by atoms with van der Waals surface area (Å²) in [5, 5.41) is 6.23. The molecule has 0 aliphatic rings. The fraction of sp³-hybridized carbons (Fsp3) is 0.938. The molecule has 0 rings (SSSR count). The van der Waals surface area contributed by atoms with Gasteiger partial charge in [-0.25, -0.2) is 0 Å². The van der Waals surface area contributed by atoms with Gasteiger partial charge in [0, 0.05) is 25.0 Å². The Kier molecular flexibility index (Phi) is 11.6. The molecule has 1 amide bonds. The van der Waals surface area contributed by atoms with E-state index in [1.807, 2.05) is 20.8 Å². The van der Waals surface area contributed by atoms with E-state index in [-0.39, 0.29) is 23.8 Å². The summed E-state index contributed by atoms with van der Waals surface area (Å²) in [4.78, 5) is 11.5. The Morgan fingerprint density at radius 1 is 1.00 bits per heavy atom. The minimum Gasteiger partial charge on any atom is -0.378 e. The summed E-state index contributed by atoms with van der Waals surface area (Å²) in [6.07, 6.45) is 0.106. The second kappa shape index (κ2) is 12.0. The van der Waals surface area contributed by atoms with Crippen LogP contribution < -0.4 is 10.6 Å². The summed E-state index contributed by atoms with van der Waals surface area (Å²) in [6, 6.07) is 0.492. The van der Waals surface area contributed by atoms with Crippen molar-refractivity contribution in [1.29, 1.82) is 0 Å². The van der Waals surface area contributed by atoms with Gasteiger partial charge in [-0.2, -0.15) is 0 Å². The molecule has 0 aromatic rings. The standard InChI is InChI=1S/C16H34N2O3/c1-12(2)16(19)18-11-14(5)15(6)21-10-9-20-8-7-17-13(3)4/h12-15,17H,7-11H2,1-6H3,(H,18,19). The molecule has 126 valence electrons. The third-order valence-corrected chi connectivity index (χ3v) is 3.33. The van der Waals surface area contributed by atoms with E-state index >= 15 is 0 Å². The number of nitrogens with one attached hydrogen (secondary N) is 2. The molecule has 2 atom stereocenters. The van der Waals surface area contributed by atoms with Gasteiger partial charge in [-0.3, -0.25) is 4.79 Å². The quantitative estimate of drug-likeness (QED) is 0.540. The lowest BCUT2D eigenvalue weighted by Crippen LogP contribution is -2.36. The van der Waals surface area contributed by atoms with Crippen LogP contribution in [0.3, 0.4) is 0 Å². The lowest BCUT2D eigenvalue weighted by atomic mass is 10.1. The van der Waals surface area contributed by atoms with Gasteiger partial charge in [-0.05, 0) is 12.8 Å². The van der Waals surface area contributed by atoms with Gasteiger partial charge in [0.15, 0.2) is 0 Å². The third-order valence-electron chi connectivity index (χ3n) is 3.33. The highest BCUT2D eigenvalue weighted by Gasteiger charge is 2.14. The van der Waals surface area contributed by atoms with Crippen LogP contribution in [0.2, 0.25) is 0 Å². The third kappa shape index (κ3) is 11.7. The highest BCUT2D eigenvalue weighted by molar-refractivity contribution is 5.77. The Labute approximate surface area is 130 Å². The van der Waals surface area contributed by atoms with E-state index in [4.69, 9.17) is 9.47 Å². The Balaban J connectivity index is 3.55. The normalized spacial score (nSPS) is 14.5. The summed E-state index contributed by atoms with van der Waals surface area (Å²) in [5.74, 6) is 0.409. The lowest BCUT2D eigenvalue weighted by molar-refractivity contribution is -0.124. The van der Waals surface area contributed by atoms with Gasteiger partial charge in [-0.15, -0.1) is 0 Å². The molecule has 0 aromatic heterocycles. The van der Waals surface area contributed by atoms with E-state index in [0.717, 1.165) is 6.54 Å². The molecule has 0 aromatic carbocycles. The number of ether oxygens (including phenoxy) is 2. The van der Waals surface area contributed by atoms with Crippen LogP contribution in [0.5, 0.6) is 0 Å². The lowest BCUT2D eigenvalue weighted by Gasteiger charge is -2.21. The zero-order chi connectivity index (χ0) is 16.3. The maximum atomic E-state index is 11.5. The first-order valence-electron chi connectivity index (χ1n) is 8.05. The molecule has 0 saturated carbocycles. The number of rotatable bonds is 12. The highest BCUT2D eigenvalue weighted by Crippen LogP contribution is 2.06. The van der Waals surface area contributed by atoms with Gasteiger partial charge in [0.1, 0.15) is 0 Å². The van der Waals surface area contributed by atoms with Crippen molar-refractivity contribution in [2.75, 3.05) is 32.9 Å². The fourth-order valence-electron chi connectivity index (χ4n) is 1.61. The summed E-state index contributed by atoms with van der Waals surface area (Å²) in [6.45, 7) is 15.6. The SMILES string of the molecule is CC(C)NCCOCCOC(C)C(C)CNC(=O)C(C)C. The van der Waals surface area contributed by atoms with E-state index in [1.165, 1.54) is 0 Å². The highest BCUT2D eigenvalue weighted by atomic mass is 16.5. The van der Waals surface area contributed by atoms with Crippen LogP contribution in [0, 0.1) is 11.8 Å². The van der Waals surface area contributed by atoms with Crippen molar-refractivity contribution < 1.29 is 14.3 Å². The van der Waals surface area contributed by atoms with Gasteiger partial charge in [0.25, 0.3) is 0 Å². The minimum absolute atomic E-state index is 0.0290. The topological polar surface area (TPSA) is 59.6 Å². The molecule has 0 fully saturated rings. The van der Waals surface area contributed by atoms with Crippen LogP contribution in [0.15, 0.2) is 0 Å². The molecule has 0 aliphatic heterocycles. The van der Waals surface area contributed by atoms with Gasteiger partial charge in [0.05, 0.1) is 25.9 Å². The first-order valence-corrected chi connectivity index (χ1v) is 8.05. The molecule has 2 unspecified atom stereocenters. The largest absolute Gasteiger partial charge is 0.378 e. The van der Waals surface area contributed by atoms with Crippen molar-refractivity contribution in [1.82, 2.24) is 10.6 Å². The molecule has 5 heteroatoms. The van der Waals surface area contributed by atoms with Crippen LogP contribution in [0.1, 0.15) is 41.5 Å². The van der Waals surface area contributed by atoms with Crippen LogP contribution in [-0.4, -0.2) is 51.0 Å². The predicted molar refractivity (Wildman–Crippen MR) is 86.4 cm³/mol. The van der Waals surface area contributed by atoms with E-state index < -0.39 is 0 Å². The number of carbonyl (C=O) groups is 1. The Hall–Kier alpha value is -0.650. The van der Waals surface area contributed by atoms with Crippen LogP contribution in [-0.2, 0) is 14.3 Å². The van der Waals surface area contributed by atoms with E-state index in [0.29, 0.717) is 32.4 Å². The predicted octanol–water partition coefficient (Wildman–Crippen LogP) is 1.81. The summed E-state index contributed by atoms with van der Waals surface area (Å²) < 4.78 is 11.2. The first-order chi connectivity index (χ1) is 9.84. The summed E-state index contributed by atoms with van der Waals surface area (Å²) in [7, 11) is 0. The van der Waals surface area contributed by atoms with Gasteiger partial charge in [0.2, 0.25) is 5.91 Å². The average Bonchev–Trinajstić information content (AvgIpc) is 2.42. The minimum atomic E-state index is 0.0290. The molecule has 0 aliphatic carbocycles. The monoisotopic (exact) mass is 302 g/mol. The maximum Gasteiger partial charge on any atom is 0.222 e. The van der Waals surface area contributed by atoms with Crippen LogP contribution in [0.25, 0.3) is 0 Å². The van der Waals surface area contributed by atoms with Gasteiger partial charge >= 0.3 is 0 Å². The van der Waals surface area contributed by atoms with Crippen molar-refractivity contribution >= 4 is 5.91 Å². The molecule has 0 heterocycles. The fourth-order valence-corrected chi connectivity index (χ4v) is 1.61. The second-order valence-corrected chi connectivity index (χ2v) is 6.17. The molecule has 0 spiro atoms. The number of carbonyl (C=O) groups excluding carboxylic acids is 1. The van der Waals surface area contributed by atoms with Crippen molar-refractivity contribution in [2.24, 2.45) is 11.8 Å². The number of amides is 1. The average molecular weight is 302 g/mol. The van der Waals surface area contributed by atoms with Crippen LogP contribution in [0.4, 0.5) is 0 Å². The molecule has 0 bridgehead atoms. The van der Waals surface area contributed by atoms with Crippen molar-refractivity contribution in [3.63, 3.8) is 0 Å². The molecule has 5 nitrogen and oxygen atoms in total. The zero-order valence-corrected chi connectivity index (χ0v) is 14.6. The van der Waals surface area contributed by atoms with Crippen molar-refractivity contribution in [2.45, 2.75) is 53.7 Å². The molecule has 21 heavy (non-hydrogen) atoms.